The molecular formula is C22H30IN5O2. The number of hydrogen-bond donors (Lipinski definition) is 2. The summed E-state index contributed by atoms with van der Waals surface area (Å²) < 4.78 is 12.9. The Balaban J connectivity index is 0.00000320. The fourth-order valence-electron chi connectivity index (χ4n) is 2.82. The van der Waals surface area contributed by atoms with Gasteiger partial charge < -0.3 is 19.8 Å². The van der Waals surface area contributed by atoms with Crippen LogP contribution in [0.5, 0.6) is 5.75 Å². The Kier molecular flexibility index (Phi) is 9.72. The van der Waals surface area contributed by atoms with E-state index in [1.54, 1.807) is 6.26 Å². The van der Waals surface area contributed by atoms with Crippen LogP contribution in [0, 0.1) is 0 Å². The Labute approximate surface area is 194 Å². The zero-order chi connectivity index (χ0) is 20.5. The molecule has 0 unspecified atom stereocenters. The van der Waals surface area contributed by atoms with Crippen molar-refractivity contribution in [3.05, 3.63) is 66.4 Å². The van der Waals surface area contributed by atoms with Gasteiger partial charge in [-0.3, -0.25) is 9.67 Å². The van der Waals surface area contributed by atoms with Crippen LogP contribution < -0.4 is 15.4 Å². The second-order valence-electron chi connectivity index (χ2n) is 7.07. The molecule has 0 bridgehead atoms. The third-order valence-electron chi connectivity index (χ3n) is 4.16. The summed E-state index contributed by atoms with van der Waals surface area (Å²) in [6.07, 6.45) is 7.37. The van der Waals surface area contributed by atoms with Gasteiger partial charge in [-0.1, -0.05) is 0 Å². The van der Waals surface area contributed by atoms with Gasteiger partial charge in [0.2, 0.25) is 0 Å². The lowest BCUT2D eigenvalue weighted by Crippen LogP contribution is -2.32. The highest BCUT2D eigenvalue weighted by atomic mass is 127. The van der Waals surface area contributed by atoms with Crippen molar-refractivity contribution in [3.63, 3.8) is 0 Å². The molecule has 30 heavy (non-hydrogen) atoms. The number of anilines is 1. The number of guanidine groups is 1. The number of furan rings is 1. The van der Waals surface area contributed by atoms with Gasteiger partial charge >= 0.3 is 0 Å². The summed E-state index contributed by atoms with van der Waals surface area (Å²) in [5, 5.41) is 11.0. The number of nitrogens with one attached hydrogen (secondary N) is 2. The van der Waals surface area contributed by atoms with Gasteiger partial charge in [-0.15, -0.1) is 24.0 Å². The van der Waals surface area contributed by atoms with Crippen molar-refractivity contribution >= 4 is 35.6 Å². The van der Waals surface area contributed by atoms with E-state index in [9.17, 15) is 0 Å². The maximum Gasteiger partial charge on any atom is 0.195 e. The number of aliphatic imine (C=N–C) groups is 1. The summed E-state index contributed by atoms with van der Waals surface area (Å²) in [5.41, 5.74) is 2.14. The number of benzene rings is 1. The third kappa shape index (κ3) is 8.10. The van der Waals surface area contributed by atoms with Crippen LogP contribution >= 0.6 is 24.0 Å². The van der Waals surface area contributed by atoms with Crippen molar-refractivity contribution in [2.75, 3.05) is 18.4 Å². The minimum Gasteiger partial charge on any atom is -0.491 e. The molecule has 0 aliphatic heterocycles. The van der Waals surface area contributed by atoms with Gasteiger partial charge in [0.05, 0.1) is 18.6 Å². The van der Waals surface area contributed by atoms with Crippen LogP contribution in [0.4, 0.5) is 5.69 Å². The van der Waals surface area contributed by atoms with Crippen LogP contribution in [0.25, 0.3) is 0 Å². The molecule has 0 fully saturated rings. The maximum atomic E-state index is 5.70. The molecule has 2 aromatic heterocycles. The molecule has 0 saturated carbocycles. The van der Waals surface area contributed by atoms with E-state index in [0.29, 0.717) is 6.54 Å². The van der Waals surface area contributed by atoms with Crippen LogP contribution in [0.1, 0.15) is 25.2 Å². The zero-order valence-corrected chi connectivity index (χ0v) is 20.0. The molecule has 7 nitrogen and oxygen atoms in total. The topological polar surface area (TPSA) is 76.6 Å². The summed E-state index contributed by atoms with van der Waals surface area (Å²) in [6.45, 7) is 5.42. The highest BCUT2D eigenvalue weighted by molar-refractivity contribution is 14.0. The average molecular weight is 523 g/mol. The van der Waals surface area contributed by atoms with Crippen molar-refractivity contribution in [1.29, 1.82) is 0 Å². The lowest BCUT2D eigenvalue weighted by molar-refractivity contribution is 0.242. The molecule has 0 saturated heterocycles. The number of aryl methyl sites for hydroxylation is 1. The Bertz CT molecular complexity index is 889. The maximum absolute atomic E-state index is 5.70. The van der Waals surface area contributed by atoms with Crippen LogP contribution in [0.2, 0.25) is 0 Å². The standard InChI is InChI=1S/C22H29N5O2.HI/c1-17(2)29-21-8-6-19(7-9-21)26-22(24-13-11-20-5-4-14-28-20)23-12-10-18-15-25-27(3)16-18;/h4-9,14-17H,10-13H2,1-3H3,(H2,23,24,26);1H. The van der Waals surface area contributed by atoms with Crippen molar-refractivity contribution < 1.29 is 9.15 Å². The first kappa shape index (κ1) is 23.8. The van der Waals surface area contributed by atoms with Crippen molar-refractivity contribution in [3.8, 4) is 5.75 Å². The monoisotopic (exact) mass is 523 g/mol. The van der Waals surface area contributed by atoms with E-state index in [4.69, 9.17) is 9.15 Å². The minimum absolute atomic E-state index is 0. The fourth-order valence-corrected chi connectivity index (χ4v) is 2.82. The molecule has 8 heteroatoms. The third-order valence-corrected chi connectivity index (χ3v) is 4.16. The smallest absolute Gasteiger partial charge is 0.195 e. The lowest BCUT2D eigenvalue weighted by Gasteiger charge is -2.14. The van der Waals surface area contributed by atoms with Gasteiger partial charge in [-0.2, -0.15) is 5.10 Å². The second-order valence-corrected chi connectivity index (χ2v) is 7.07. The highest BCUT2D eigenvalue weighted by Crippen LogP contribution is 2.16. The summed E-state index contributed by atoms with van der Waals surface area (Å²) in [7, 11) is 1.92. The van der Waals surface area contributed by atoms with Gasteiger partial charge in [0, 0.05) is 38.4 Å². The molecule has 0 aliphatic carbocycles. The summed E-state index contributed by atoms with van der Waals surface area (Å²) in [6, 6.07) is 11.7. The van der Waals surface area contributed by atoms with Crippen LogP contribution in [-0.4, -0.2) is 34.9 Å². The Morgan fingerprint density at radius 1 is 1.20 bits per heavy atom. The molecule has 0 radical (unpaired) electrons. The van der Waals surface area contributed by atoms with Crippen molar-refractivity contribution in [2.45, 2.75) is 32.8 Å². The Hall–Kier alpha value is -2.49. The molecule has 0 spiro atoms. The largest absolute Gasteiger partial charge is 0.491 e. The molecule has 2 heterocycles. The van der Waals surface area contributed by atoms with Crippen LogP contribution in [-0.2, 0) is 19.9 Å². The quantitative estimate of drug-likeness (QED) is 0.249. The molecule has 1 aromatic carbocycles. The normalized spacial score (nSPS) is 11.3. The Morgan fingerprint density at radius 2 is 2.00 bits per heavy atom. The van der Waals surface area contributed by atoms with Gasteiger partial charge in [0.15, 0.2) is 5.96 Å². The van der Waals surface area contributed by atoms with Gasteiger partial charge in [-0.05, 0) is 62.2 Å². The first-order valence-corrected chi connectivity index (χ1v) is 9.90. The fraction of sp³-hybridized carbons (Fsp3) is 0.364. The van der Waals surface area contributed by atoms with E-state index in [1.165, 1.54) is 5.56 Å². The minimum atomic E-state index is 0. The van der Waals surface area contributed by atoms with E-state index in [2.05, 4.69) is 20.7 Å². The van der Waals surface area contributed by atoms with Gasteiger partial charge in [0.1, 0.15) is 11.5 Å². The molecule has 0 atom stereocenters. The zero-order valence-electron chi connectivity index (χ0n) is 17.7. The summed E-state index contributed by atoms with van der Waals surface area (Å²) >= 11 is 0. The first-order valence-electron chi connectivity index (χ1n) is 9.90. The molecule has 3 rings (SSSR count). The molecule has 2 N–H and O–H groups in total. The predicted octanol–water partition coefficient (Wildman–Crippen LogP) is 4.26. The predicted molar refractivity (Wildman–Crippen MR) is 131 cm³/mol. The average Bonchev–Trinajstić information content (AvgIpc) is 3.34. The number of nitrogens with zero attached hydrogens (tertiary/aromatic N) is 3. The first-order chi connectivity index (χ1) is 14.1. The number of ether oxygens (including phenoxy) is 1. The second kappa shape index (κ2) is 12.3. The molecule has 0 amide bonds. The molecule has 3 aromatic rings. The number of hydrogen-bond acceptors (Lipinski definition) is 4. The molecular weight excluding hydrogens is 493 g/mol. The number of rotatable bonds is 9. The number of aromatic nitrogens is 2. The SMILES string of the molecule is CC(C)Oc1ccc(NC(=NCCc2ccco2)NCCc2cnn(C)c2)cc1.I. The van der Waals surface area contributed by atoms with E-state index < -0.39 is 0 Å². The van der Waals surface area contributed by atoms with E-state index >= 15 is 0 Å². The van der Waals surface area contributed by atoms with E-state index in [1.807, 2.05) is 74.4 Å². The highest BCUT2D eigenvalue weighted by Gasteiger charge is 2.04. The van der Waals surface area contributed by atoms with Crippen LogP contribution in [0.3, 0.4) is 0 Å². The van der Waals surface area contributed by atoms with Crippen molar-refractivity contribution in [1.82, 2.24) is 15.1 Å². The number of halogens is 1. The van der Waals surface area contributed by atoms with E-state index in [0.717, 1.165) is 42.5 Å². The van der Waals surface area contributed by atoms with Gasteiger partial charge in [-0.25, -0.2) is 0 Å². The Morgan fingerprint density at radius 3 is 2.63 bits per heavy atom. The van der Waals surface area contributed by atoms with Crippen molar-refractivity contribution in [2.24, 2.45) is 12.0 Å². The summed E-state index contributed by atoms with van der Waals surface area (Å²) in [4.78, 5) is 4.68. The molecule has 0 aliphatic rings. The van der Waals surface area contributed by atoms with Crippen LogP contribution in [0.15, 0.2) is 64.5 Å². The van der Waals surface area contributed by atoms with Gasteiger partial charge in [0.25, 0.3) is 0 Å². The molecule has 162 valence electrons. The summed E-state index contributed by atoms with van der Waals surface area (Å²) in [5.74, 6) is 2.52. The van der Waals surface area contributed by atoms with E-state index in [-0.39, 0.29) is 30.1 Å². The lowest BCUT2D eigenvalue weighted by atomic mass is 10.2.